The molecule has 8 heteroatoms. The molecule has 34 heavy (non-hydrogen) atoms. The van der Waals surface area contributed by atoms with Gasteiger partial charge in [-0.1, -0.05) is 35.9 Å². The molecular weight excluding hydrogens is 450 g/mol. The largest absolute Gasteiger partial charge is 0.356 e. The number of para-hydroxylation sites is 1. The molecule has 0 spiro atoms. The molecule has 0 saturated carbocycles. The number of pyridine rings is 1. The van der Waals surface area contributed by atoms with Gasteiger partial charge in [0.05, 0.1) is 11.1 Å². The molecule has 2 aromatic carbocycles. The summed E-state index contributed by atoms with van der Waals surface area (Å²) in [6, 6.07) is 15.2. The number of nitrogens with one attached hydrogen (secondary N) is 1. The number of amides is 3. The summed E-state index contributed by atoms with van der Waals surface area (Å²) in [4.78, 5) is 37.0. The molecule has 2 fully saturated rings. The van der Waals surface area contributed by atoms with Gasteiger partial charge in [0.2, 0.25) is 0 Å². The summed E-state index contributed by atoms with van der Waals surface area (Å²) < 4.78 is 0. The standard InChI is InChI=1S/C26H28ClN5O2/c1-18-8-9-20(17-22(18)27)28-26(34)32-14-12-31(13-15-32)25(33)21-16-19-6-2-3-7-23(19)29-24(21)30-10-4-5-11-30/h2-3,6-9,16-17H,4-5,10-15H2,1H3,(H,28,34). The van der Waals surface area contributed by atoms with Crippen molar-refractivity contribution >= 4 is 45.9 Å². The summed E-state index contributed by atoms with van der Waals surface area (Å²) in [6.07, 6.45) is 2.23. The van der Waals surface area contributed by atoms with Crippen molar-refractivity contribution in [3.8, 4) is 0 Å². The third kappa shape index (κ3) is 4.53. The van der Waals surface area contributed by atoms with E-state index in [4.69, 9.17) is 16.6 Å². The Morgan fingerprint density at radius 2 is 1.62 bits per heavy atom. The summed E-state index contributed by atoms with van der Waals surface area (Å²) in [5.74, 6) is 0.753. The average molecular weight is 478 g/mol. The highest BCUT2D eigenvalue weighted by atomic mass is 35.5. The Bertz CT molecular complexity index is 1230. The van der Waals surface area contributed by atoms with Crippen molar-refractivity contribution < 1.29 is 9.59 Å². The smallest absolute Gasteiger partial charge is 0.321 e. The van der Waals surface area contributed by atoms with Crippen LogP contribution in [0, 0.1) is 6.92 Å². The molecule has 0 atom stereocenters. The lowest BCUT2D eigenvalue weighted by Crippen LogP contribution is -2.51. The maximum atomic E-state index is 13.6. The SMILES string of the molecule is Cc1ccc(NC(=O)N2CCN(C(=O)c3cc4ccccc4nc3N3CCCC3)CC2)cc1Cl. The molecule has 1 N–H and O–H groups in total. The fourth-order valence-electron chi connectivity index (χ4n) is 4.59. The van der Waals surface area contributed by atoms with Crippen molar-refractivity contribution in [3.05, 3.63) is 64.7 Å². The zero-order chi connectivity index (χ0) is 23.7. The van der Waals surface area contributed by atoms with Crippen molar-refractivity contribution in [2.45, 2.75) is 19.8 Å². The number of anilines is 2. The molecule has 3 amide bonds. The van der Waals surface area contributed by atoms with Crippen molar-refractivity contribution in [2.24, 2.45) is 0 Å². The molecule has 0 bridgehead atoms. The lowest BCUT2D eigenvalue weighted by Gasteiger charge is -2.35. The van der Waals surface area contributed by atoms with E-state index in [2.05, 4.69) is 10.2 Å². The molecular formula is C26H28ClN5O2. The number of benzene rings is 2. The van der Waals surface area contributed by atoms with Crippen molar-refractivity contribution in [2.75, 3.05) is 49.5 Å². The molecule has 2 aliphatic heterocycles. The number of piperazine rings is 1. The van der Waals surface area contributed by atoms with E-state index in [-0.39, 0.29) is 11.9 Å². The Morgan fingerprint density at radius 1 is 0.912 bits per heavy atom. The number of carbonyl (C=O) groups is 2. The highest BCUT2D eigenvalue weighted by Crippen LogP contribution is 2.28. The number of hydrogen-bond donors (Lipinski definition) is 1. The van der Waals surface area contributed by atoms with Crippen molar-refractivity contribution in [1.82, 2.24) is 14.8 Å². The highest BCUT2D eigenvalue weighted by Gasteiger charge is 2.29. The van der Waals surface area contributed by atoms with Crippen LogP contribution >= 0.6 is 11.6 Å². The van der Waals surface area contributed by atoms with Gasteiger partial charge >= 0.3 is 6.03 Å². The molecule has 7 nitrogen and oxygen atoms in total. The summed E-state index contributed by atoms with van der Waals surface area (Å²) >= 11 is 6.17. The van der Waals surface area contributed by atoms with Gasteiger partial charge in [-0.2, -0.15) is 0 Å². The van der Waals surface area contributed by atoms with E-state index in [0.717, 1.165) is 48.2 Å². The van der Waals surface area contributed by atoms with Crippen LogP contribution in [0.4, 0.5) is 16.3 Å². The third-order valence-corrected chi connectivity index (χ3v) is 7.02. The topological polar surface area (TPSA) is 68.8 Å². The highest BCUT2D eigenvalue weighted by molar-refractivity contribution is 6.31. The first-order valence-electron chi connectivity index (χ1n) is 11.8. The molecule has 3 heterocycles. The second-order valence-corrected chi connectivity index (χ2v) is 9.33. The summed E-state index contributed by atoms with van der Waals surface area (Å²) in [5.41, 5.74) is 3.17. The number of aryl methyl sites for hydroxylation is 1. The number of nitrogens with zero attached hydrogens (tertiary/aromatic N) is 4. The van der Waals surface area contributed by atoms with Crippen LogP contribution in [0.25, 0.3) is 10.9 Å². The van der Waals surface area contributed by atoms with Gasteiger partial charge in [-0.25, -0.2) is 9.78 Å². The van der Waals surface area contributed by atoms with Crippen LogP contribution in [-0.4, -0.2) is 66.0 Å². The van der Waals surface area contributed by atoms with E-state index in [1.54, 1.807) is 11.0 Å². The van der Waals surface area contributed by atoms with E-state index in [9.17, 15) is 9.59 Å². The lowest BCUT2D eigenvalue weighted by molar-refractivity contribution is 0.0672. The first kappa shape index (κ1) is 22.5. The normalized spacial score (nSPS) is 16.2. The zero-order valence-electron chi connectivity index (χ0n) is 19.3. The second-order valence-electron chi connectivity index (χ2n) is 8.92. The summed E-state index contributed by atoms with van der Waals surface area (Å²) in [6.45, 7) is 5.66. The lowest BCUT2D eigenvalue weighted by atomic mass is 10.1. The number of halogens is 1. The predicted octanol–water partition coefficient (Wildman–Crippen LogP) is 4.79. The molecule has 176 valence electrons. The van der Waals surface area contributed by atoms with Crippen molar-refractivity contribution in [3.63, 3.8) is 0 Å². The fraction of sp³-hybridized carbons (Fsp3) is 0.346. The minimum Gasteiger partial charge on any atom is -0.356 e. The minimum atomic E-state index is -0.183. The van der Waals surface area contributed by atoms with E-state index < -0.39 is 0 Å². The monoisotopic (exact) mass is 477 g/mol. The van der Waals surface area contributed by atoms with Gasteiger partial charge in [-0.15, -0.1) is 0 Å². The van der Waals surface area contributed by atoms with Crippen LogP contribution in [0.3, 0.4) is 0 Å². The van der Waals surface area contributed by atoms with Crippen LogP contribution in [0.5, 0.6) is 0 Å². The Labute approximate surface area is 204 Å². The van der Waals surface area contributed by atoms with Gasteiger partial charge in [-0.3, -0.25) is 4.79 Å². The molecule has 5 rings (SSSR count). The van der Waals surface area contributed by atoms with Gasteiger partial charge in [0.25, 0.3) is 5.91 Å². The minimum absolute atomic E-state index is 0.0227. The maximum absolute atomic E-state index is 13.6. The van der Waals surface area contributed by atoms with Crippen LogP contribution in [0.15, 0.2) is 48.5 Å². The number of urea groups is 1. The Balaban J connectivity index is 1.29. The molecule has 0 aliphatic carbocycles. The Hall–Kier alpha value is -3.32. The number of hydrogen-bond acceptors (Lipinski definition) is 4. The Kier molecular flexibility index (Phi) is 6.28. The van der Waals surface area contributed by atoms with E-state index >= 15 is 0 Å². The average Bonchev–Trinajstić information content (AvgIpc) is 3.40. The number of carbonyl (C=O) groups excluding carboxylic acids is 2. The first-order chi connectivity index (χ1) is 16.5. The quantitative estimate of drug-likeness (QED) is 0.589. The summed E-state index contributed by atoms with van der Waals surface area (Å²) in [7, 11) is 0. The van der Waals surface area contributed by atoms with Crippen LogP contribution in [-0.2, 0) is 0 Å². The van der Waals surface area contributed by atoms with Crippen LogP contribution in [0.2, 0.25) is 5.02 Å². The van der Waals surface area contributed by atoms with Gasteiger partial charge in [-0.05, 0) is 49.6 Å². The molecule has 3 aromatic rings. The molecule has 1 aromatic heterocycles. The fourth-order valence-corrected chi connectivity index (χ4v) is 4.77. The Morgan fingerprint density at radius 3 is 2.35 bits per heavy atom. The number of fused-ring (bicyclic) bond motifs is 1. The maximum Gasteiger partial charge on any atom is 0.321 e. The molecule has 0 radical (unpaired) electrons. The van der Waals surface area contributed by atoms with E-state index in [1.807, 2.05) is 54.3 Å². The first-order valence-corrected chi connectivity index (χ1v) is 12.1. The third-order valence-electron chi connectivity index (χ3n) is 6.62. The predicted molar refractivity (Wildman–Crippen MR) is 136 cm³/mol. The number of aromatic nitrogens is 1. The van der Waals surface area contributed by atoms with Gasteiger partial charge in [0, 0.05) is 55.4 Å². The van der Waals surface area contributed by atoms with Gasteiger partial charge < -0.3 is 20.0 Å². The molecule has 0 unspecified atom stereocenters. The molecule has 2 saturated heterocycles. The number of rotatable bonds is 3. The van der Waals surface area contributed by atoms with Crippen LogP contribution in [0.1, 0.15) is 28.8 Å². The second kappa shape index (κ2) is 9.50. The van der Waals surface area contributed by atoms with Crippen molar-refractivity contribution in [1.29, 1.82) is 0 Å². The van der Waals surface area contributed by atoms with Crippen LogP contribution < -0.4 is 10.2 Å². The molecule has 2 aliphatic rings. The zero-order valence-corrected chi connectivity index (χ0v) is 20.0. The van der Waals surface area contributed by atoms with Gasteiger partial charge in [0.15, 0.2) is 0 Å². The summed E-state index contributed by atoms with van der Waals surface area (Å²) in [5, 5.41) is 4.48. The van der Waals surface area contributed by atoms with Gasteiger partial charge in [0.1, 0.15) is 5.82 Å². The van der Waals surface area contributed by atoms with E-state index in [1.165, 1.54) is 0 Å². The van der Waals surface area contributed by atoms with E-state index in [0.29, 0.717) is 42.5 Å².